The maximum absolute atomic E-state index is 10.3. The van der Waals surface area contributed by atoms with E-state index in [2.05, 4.69) is 47.0 Å². The van der Waals surface area contributed by atoms with Crippen LogP contribution in [0, 0.1) is 27.7 Å². The molecule has 0 saturated carbocycles. The van der Waals surface area contributed by atoms with E-state index in [0.717, 1.165) is 22.5 Å². The largest absolute Gasteiger partial charge is 0.491 e. The van der Waals surface area contributed by atoms with Gasteiger partial charge < -0.3 is 30.3 Å². The van der Waals surface area contributed by atoms with Crippen LogP contribution in [0.4, 0.5) is 11.4 Å². The van der Waals surface area contributed by atoms with Crippen molar-refractivity contribution >= 4 is 11.4 Å². The van der Waals surface area contributed by atoms with Gasteiger partial charge in [0.25, 0.3) is 0 Å². The molecular weight excluding hydrogens is 428 g/mol. The van der Waals surface area contributed by atoms with Crippen LogP contribution in [0.5, 0.6) is 11.5 Å². The van der Waals surface area contributed by atoms with Crippen molar-refractivity contribution < 1.29 is 19.7 Å². The molecule has 0 aliphatic carbocycles. The molecule has 0 aromatic heterocycles. The van der Waals surface area contributed by atoms with Crippen LogP contribution in [0.25, 0.3) is 0 Å². The average molecular weight is 465 g/mol. The van der Waals surface area contributed by atoms with Crippen LogP contribution in [0.3, 0.4) is 0 Å². The molecule has 3 rings (SSSR count). The van der Waals surface area contributed by atoms with Crippen molar-refractivity contribution in [3.8, 4) is 11.5 Å². The Morgan fingerprint density at radius 1 is 0.618 bits per heavy atom. The van der Waals surface area contributed by atoms with Gasteiger partial charge in [-0.15, -0.1) is 0 Å². The average Bonchev–Trinajstić information content (AvgIpc) is 2.83. The van der Waals surface area contributed by atoms with Gasteiger partial charge in [0.1, 0.15) is 36.9 Å². The molecular formula is C28H36N2O4. The second-order valence-corrected chi connectivity index (χ2v) is 8.80. The topological polar surface area (TPSA) is 83.0 Å². The maximum atomic E-state index is 10.3. The smallest absolute Gasteiger partial charge is 0.119 e. The fourth-order valence-corrected chi connectivity index (χ4v) is 3.44. The number of ether oxygens (including phenoxy) is 2. The van der Waals surface area contributed by atoms with Crippen LogP contribution in [0.15, 0.2) is 60.7 Å². The van der Waals surface area contributed by atoms with Gasteiger partial charge in [-0.2, -0.15) is 0 Å². The first-order valence-electron chi connectivity index (χ1n) is 11.6. The Morgan fingerprint density at radius 2 is 1.00 bits per heavy atom. The third-order valence-corrected chi connectivity index (χ3v) is 5.55. The molecule has 6 heteroatoms. The van der Waals surface area contributed by atoms with Gasteiger partial charge in [0.15, 0.2) is 0 Å². The summed E-state index contributed by atoms with van der Waals surface area (Å²) in [6.07, 6.45) is -1.29. The van der Waals surface area contributed by atoms with E-state index >= 15 is 0 Å². The minimum atomic E-state index is -0.643. The Kier molecular flexibility index (Phi) is 9.19. The molecule has 4 N–H and O–H groups in total. The van der Waals surface area contributed by atoms with Crippen LogP contribution in [0.2, 0.25) is 0 Å². The summed E-state index contributed by atoms with van der Waals surface area (Å²) < 4.78 is 11.4. The summed E-state index contributed by atoms with van der Waals surface area (Å²) in [5.41, 5.74) is 6.66. The molecule has 0 heterocycles. The number of nitrogens with one attached hydrogen (secondary N) is 2. The van der Waals surface area contributed by atoms with Crippen LogP contribution in [-0.2, 0) is 0 Å². The first-order valence-corrected chi connectivity index (χ1v) is 11.6. The molecule has 34 heavy (non-hydrogen) atoms. The molecule has 2 unspecified atom stereocenters. The molecule has 0 amide bonds. The number of aryl methyl sites for hydroxylation is 4. The fraction of sp³-hybridized carbons (Fsp3) is 0.357. The van der Waals surface area contributed by atoms with Crippen molar-refractivity contribution in [3.05, 3.63) is 82.9 Å². The molecule has 6 nitrogen and oxygen atoms in total. The molecule has 0 bridgehead atoms. The first kappa shape index (κ1) is 25.4. The quantitative estimate of drug-likeness (QED) is 0.313. The van der Waals surface area contributed by atoms with E-state index < -0.39 is 12.2 Å². The number of hydrogen-bond acceptors (Lipinski definition) is 6. The maximum Gasteiger partial charge on any atom is 0.119 e. The number of aliphatic hydroxyl groups excluding tert-OH is 2. The zero-order valence-electron chi connectivity index (χ0n) is 20.5. The summed E-state index contributed by atoms with van der Waals surface area (Å²) in [6, 6.07) is 19.6. The Morgan fingerprint density at radius 3 is 1.38 bits per heavy atom. The summed E-state index contributed by atoms with van der Waals surface area (Å²) in [5, 5.41) is 27.0. The predicted molar refractivity (Wildman–Crippen MR) is 138 cm³/mol. The molecule has 0 aliphatic heterocycles. The van der Waals surface area contributed by atoms with Crippen molar-refractivity contribution in [3.63, 3.8) is 0 Å². The monoisotopic (exact) mass is 464 g/mol. The highest BCUT2D eigenvalue weighted by atomic mass is 16.5. The van der Waals surface area contributed by atoms with Crippen LogP contribution < -0.4 is 20.1 Å². The highest BCUT2D eigenvalue weighted by molar-refractivity contribution is 5.53. The second kappa shape index (κ2) is 12.3. The molecule has 0 saturated heterocycles. The van der Waals surface area contributed by atoms with E-state index in [9.17, 15) is 10.2 Å². The van der Waals surface area contributed by atoms with E-state index in [0.29, 0.717) is 24.6 Å². The lowest BCUT2D eigenvalue weighted by Gasteiger charge is -2.17. The Labute approximate surface area is 202 Å². The lowest BCUT2D eigenvalue weighted by atomic mass is 10.1. The molecule has 0 spiro atoms. The minimum absolute atomic E-state index is 0.181. The minimum Gasteiger partial charge on any atom is -0.491 e. The predicted octanol–water partition coefficient (Wildman–Crippen LogP) is 4.62. The number of benzene rings is 3. The lowest BCUT2D eigenvalue weighted by molar-refractivity contribution is 0.115. The molecule has 3 aromatic rings. The lowest BCUT2D eigenvalue weighted by Crippen LogP contribution is -2.26. The standard InChI is InChI=1S/C28H36N2O4/c1-19-5-7-21(3)27(13-19)29-15-23(31)17-33-25-9-11-26(12-10-25)34-18-24(32)16-30-28-14-20(2)6-8-22(28)4/h5-14,23-24,29-32H,15-18H2,1-4H3. The second-order valence-electron chi connectivity index (χ2n) is 8.80. The highest BCUT2D eigenvalue weighted by Gasteiger charge is 2.09. The normalized spacial score (nSPS) is 12.6. The van der Waals surface area contributed by atoms with Gasteiger partial charge >= 0.3 is 0 Å². The molecule has 0 fully saturated rings. The van der Waals surface area contributed by atoms with E-state index in [1.54, 1.807) is 24.3 Å². The number of aliphatic hydroxyl groups is 2. The molecule has 0 radical (unpaired) electrons. The molecule has 182 valence electrons. The van der Waals surface area contributed by atoms with Crippen LogP contribution in [0.1, 0.15) is 22.3 Å². The zero-order chi connectivity index (χ0) is 24.5. The van der Waals surface area contributed by atoms with E-state index in [1.165, 1.54) is 11.1 Å². The Balaban J connectivity index is 1.37. The Hall–Kier alpha value is -3.22. The van der Waals surface area contributed by atoms with Crippen molar-refractivity contribution in [2.24, 2.45) is 0 Å². The summed E-state index contributed by atoms with van der Waals surface area (Å²) >= 11 is 0. The Bertz CT molecular complexity index is 968. The van der Waals surface area contributed by atoms with Crippen molar-refractivity contribution in [2.75, 3.05) is 36.9 Å². The van der Waals surface area contributed by atoms with Crippen molar-refractivity contribution in [2.45, 2.75) is 39.9 Å². The molecule has 0 aliphatic rings. The van der Waals surface area contributed by atoms with Gasteiger partial charge in [-0.05, 0) is 86.3 Å². The number of anilines is 2. The van der Waals surface area contributed by atoms with Gasteiger partial charge in [-0.3, -0.25) is 0 Å². The van der Waals surface area contributed by atoms with Gasteiger partial charge in [-0.1, -0.05) is 24.3 Å². The summed E-state index contributed by atoms with van der Waals surface area (Å²) in [4.78, 5) is 0. The first-order chi connectivity index (χ1) is 16.3. The van der Waals surface area contributed by atoms with E-state index in [4.69, 9.17) is 9.47 Å². The van der Waals surface area contributed by atoms with Gasteiger partial charge in [0.2, 0.25) is 0 Å². The van der Waals surface area contributed by atoms with Crippen LogP contribution >= 0.6 is 0 Å². The van der Waals surface area contributed by atoms with Crippen molar-refractivity contribution in [1.82, 2.24) is 0 Å². The van der Waals surface area contributed by atoms with Crippen molar-refractivity contribution in [1.29, 1.82) is 0 Å². The highest BCUT2D eigenvalue weighted by Crippen LogP contribution is 2.20. The third-order valence-electron chi connectivity index (χ3n) is 5.55. The third kappa shape index (κ3) is 7.97. The number of hydrogen-bond donors (Lipinski definition) is 4. The molecule has 2 atom stereocenters. The summed E-state index contributed by atoms with van der Waals surface area (Å²) in [7, 11) is 0. The summed E-state index contributed by atoms with van der Waals surface area (Å²) in [6.45, 7) is 9.33. The van der Waals surface area contributed by atoms with Gasteiger partial charge in [0.05, 0.1) is 0 Å². The fourth-order valence-electron chi connectivity index (χ4n) is 3.44. The zero-order valence-corrected chi connectivity index (χ0v) is 20.5. The number of rotatable bonds is 12. The van der Waals surface area contributed by atoms with E-state index in [1.807, 2.05) is 27.7 Å². The van der Waals surface area contributed by atoms with E-state index in [-0.39, 0.29) is 13.2 Å². The molecule has 3 aromatic carbocycles. The van der Waals surface area contributed by atoms with Gasteiger partial charge in [-0.25, -0.2) is 0 Å². The SMILES string of the molecule is Cc1ccc(C)c(NCC(O)COc2ccc(OCC(O)CNc3cc(C)ccc3C)cc2)c1. The van der Waals surface area contributed by atoms with Gasteiger partial charge in [0, 0.05) is 24.5 Å². The van der Waals surface area contributed by atoms with Crippen LogP contribution in [-0.4, -0.2) is 48.7 Å². The summed E-state index contributed by atoms with van der Waals surface area (Å²) in [5.74, 6) is 1.30.